The lowest BCUT2D eigenvalue weighted by Gasteiger charge is -2.38. The van der Waals surface area contributed by atoms with Crippen LogP contribution in [-0.4, -0.2) is 48.8 Å². The Morgan fingerprint density at radius 2 is 2.09 bits per heavy atom. The zero-order chi connectivity index (χ0) is 16.4. The van der Waals surface area contributed by atoms with Crippen LogP contribution in [0.1, 0.15) is 24.8 Å². The summed E-state index contributed by atoms with van der Waals surface area (Å²) in [7, 11) is 1.61. The van der Waals surface area contributed by atoms with Crippen LogP contribution in [0, 0.1) is 5.92 Å². The van der Waals surface area contributed by atoms with Crippen molar-refractivity contribution in [2.75, 3.05) is 31.6 Å². The van der Waals surface area contributed by atoms with Crippen LogP contribution in [0.5, 0.6) is 5.75 Å². The number of rotatable bonds is 2. The van der Waals surface area contributed by atoms with Crippen molar-refractivity contribution in [3.63, 3.8) is 0 Å². The van der Waals surface area contributed by atoms with Crippen LogP contribution in [0.15, 0.2) is 18.2 Å². The normalized spacial score (nSPS) is 20.8. The molecule has 6 nitrogen and oxygen atoms in total. The van der Waals surface area contributed by atoms with Crippen molar-refractivity contribution >= 4 is 17.7 Å². The topological polar surface area (TPSA) is 70.1 Å². The molecule has 1 aromatic carbocycles. The molecule has 0 radical (unpaired) electrons. The fraction of sp³-hybridized carbons (Fsp3) is 0.529. The number of aliphatic carboxylic acids is 1. The number of carbonyl (C=O) groups excluding carboxylic acids is 1. The number of urea groups is 1. The van der Waals surface area contributed by atoms with E-state index in [4.69, 9.17) is 4.74 Å². The molecule has 0 aliphatic carbocycles. The monoisotopic (exact) mass is 318 g/mol. The van der Waals surface area contributed by atoms with Crippen LogP contribution in [0.2, 0.25) is 0 Å². The van der Waals surface area contributed by atoms with Gasteiger partial charge in [0.1, 0.15) is 5.75 Å². The molecule has 1 fully saturated rings. The van der Waals surface area contributed by atoms with E-state index in [-0.39, 0.29) is 12.6 Å². The lowest BCUT2D eigenvalue weighted by Crippen LogP contribution is -2.50. The zero-order valence-electron chi connectivity index (χ0n) is 13.3. The lowest BCUT2D eigenvalue weighted by molar-refractivity contribution is -0.143. The number of amides is 2. The predicted octanol–water partition coefficient (Wildman–Crippen LogP) is 2.36. The number of anilines is 1. The second kappa shape index (κ2) is 6.48. The number of piperidine rings is 1. The van der Waals surface area contributed by atoms with Gasteiger partial charge in [0.15, 0.2) is 0 Å². The summed E-state index contributed by atoms with van der Waals surface area (Å²) >= 11 is 0. The Morgan fingerprint density at radius 3 is 2.83 bits per heavy atom. The van der Waals surface area contributed by atoms with Crippen molar-refractivity contribution in [3.05, 3.63) is 23.8 Å². The highest BCUT2D eigenvalue weighted by Crippen LogP contribution is 2.37. The number of carboxylic acid groups (broad SMARTS) is 1. The molecule has 6 heteroatoms. The van der Waals surface area contributed by atoms with Gasteiger partial charge < -0.3 is 14.7 Å². The number of carboxylic acids is 1. The summed E-state index contributed by atoms with van der Waals surface area (Å²) in [5.41, 5.74) is 1.94. The molecule has 0 aromatic heterocycles. The van der Waals surface area contributed by atoms with Gasteiger partial charge in [-0.2, -0.15) is 0 Å². The largest absolute Gasteiger partial charge is 0.495 e. The number of likely N-dealkylation sites (tertiary alicyclic amines) is 1. The fourth-order valence-corrected chi connectivity index (χ4v) is 3.49. The summed E-state index contributed by atoms with van der Waals surface area (Å²) < 4.78 is 5.43. The molecule has 0 saturated carbocycles. The number of aryl methyl sites for hydroxylation is 1. The Hall–Kier alpha value is -2.24. The van der Waals surface area contributed by atoms with E-state index in [1.54, 1.807) is 16.9 Å². The van der Waals surface area contributed by atoms with Crippen molar-refractivity contribution in [3.8, 4) is 5.75 Å². The van der Waals surface area contributed by atoms with E-state index in [2.05, 4.69) is 0 Å². The minimum Gasteiger partial charge on any atom is -0.495 e. The summed E-state index contributed by atoms with van der Waals surface area (Å²) in [5.74, 6) is -0.587. The molecule has 2 aliphatic rings. The van der Waals surface area contributed by atoms with E-state index >= 15 is 0 Å². The molecule has 1 N–H and O–H groups in total. The number of carbonyl (C=O) groups is 2. The standard InChI is InChI=1S/C17H22N2O4/c1-23-14-8-2-5-12-6-4-10-19(15(12)14)17(22)18-9-3-7-13(11-18)16(20)21/h2,5,8,13H,3-4,6-7,9-11H2,1H3,(H,20,21)/t13-/m1/s1. The van der Waals surface area contributed by atoms with Crippen molar-refractivity contribution in [1.82, 2.24) is 4.90 Å². The molecule has 0 unspecified atom stereocenters. The molecule has 1 saturated heterocycles. The first-order valence-electron chi connectivity index (χ1n) is 8.07. The SMILES string of the molecule is COc1cccc2c1N(C(=O)N1CCC[C@@H](C(=O)O)C1)CCC2. The first-order valence-corrected chi connectivity index (χ1v) is 8.07. The molecule has 1 atom stereocenters. The van der Waals surface area contributed by atoms with Crippen LogP contribution in [0.4, 0.5) is 10.5 Å². The molecule has 0 bridgehead atoms. The third-order valence-electron chi connectivity index (χ3n) is 4.67. The summed E-state index contributed by atoms with van der Waals surface area (Å²) in [4.78, 5) is 27.6. The van der Waals surface area contributed by atoms with Gasteiger partial charge in [0.05, 0.1) is 18.7 Å². The number of nitrogens with zero attached hydrogens (tertiary/aromatic N) is 2. The maximum absolute atomic E-state index is 13.0. The van der Waals surface area contributed by atoms with Gasteiger partial charge in [0.2, 0.25) is 0 Å². The minimum absolute atomic E-state index is 0.110. The van der Waals surface area contributed by atoms with Crippen molar-refractivity contribution in [1.29, 1.82) is 0 Å². The van der Waals surface area contributed by atoms with Gasteiger partial charge in [0.25, 0.3) is 0 Å². The molecule has 1 aromatic rings. The van der Waals surface area contributed by atoms with Gasteiger partial charge >= 0.3 is 12.0 Å². The third-order valence-corrected chi connectivity index (χ3v) is 4.67. The summed E-state index contributed by atoms with van der Waals surface area (Å²) in [5, 5.41) is 9.22. The van der Waals surface area contributed by atoms with Crippen LogP contribution < -0.4 is 9.64 Å². The zero-order valence-corrected chi connectivity index (χ0v) is 13.3. The van der Waals surface area contributed by atoms with E-state index in [0.29, 0.717) is 25.3 Å². The van der Waals surface area contributed by atoms with Crippen molar-refractivity contribution in [2.24, 2.45) is 5.92 Å². The number of ether oxygens (including phenoxy) is 1. The van der Waals surface area contributed by atoms with E-state index in [1.165, 1.54) is 0 Å². The molecule has 2 heterocycles. The molecule has 3 rings (SSSR count). The second-order valence-corrected chi connectivity index (χ2v) is 6.13. The Balaban J connectivity index is 1.85. The Bertz CT molecular complexity index is 602. The molecular weight excluding hydrogens is 296 g/mol. The number of benzene rings is 1. The summed E-state index contributed by atoms with van der Waals surface area (Å²) in [6.45, 7) is 1.54. The van der Waals surface area contributed by atoms with E-state index in [1.807, 2.05) is 18.2 Å². The molecule has 2 aliphatic heterocycles. The smallest absolute Gasteiger partial charge is 0.324 e. The van der Waals surface area contributed by atoms with Gasteiger partial charge in [-0.3, -0.25) is 9.69 Å². The van der Waals surface area contributed by atoms with Crippen LogP contribution >= 0.6 is 0 Å². The highest BCUT2D eigenvalue weighted by atomic mass is 16.5. The van der Waals surface area contributed by atoms with Crippen molar-refractivity contribution in [2.45, 2.75) is 25.7 Å². The second-order valence-electron chi connectivity index (χ2n) is 6.13. The maximum Gasteiger partial charge on any atom is 0.324 e. The fourth-order valence-electron chi connectivity index (χ4n) is 3.49. The summed E-state index contributed by atoms with van der Waals surface area (Å²) in [6, 6.07) is 5.71. The Morgan fingerprint density at radius 1 is 1.26 bits per heavy atom. The maximum atomic E-state index is 13.0. The summed E-state index contributed by atoms with van der Waals surface area (Å²) in [6.07, 6.45) is 3.20. The molecule has 23 heavy (non-hydrogen) atoms. The molecule has 124 valence electrons. The van der Waals surface area contributed by atoms with E-state index in [0.717, 1.165) is 30.5 Å². The van der Waals surface area contributed by atoms with Gasteiger partial charge in [-0.1, -0.05) is 12.1 Å². The molecule has 0 spiro atoms. The first-order chi connectivity index (χ1) is 11.1. The van der Waals surface area contributed by atoms with Crippen LogP contribution in [-0.2, 0) is 11.2 Å². The average molecular weight is 318 g/mol. The van der Waals surface area contributed by atoms with Gasteiger partial charge in [-0.25, -0.2) is 4.79 Å². The predicted molar refractivity (Wildman–Crippen MR) is 86.0 cm³/mol. The molecular formula is C17H22N2O4. The minimum atomic E-state index is -0.820. The van der Waals surface area contributed by atoms with Crippen molar-refractivity contribution < 1.29 is 19.4 Å². The quantitative estimate of drug-likeness (QED) is 0.909. The highest BCUT2D eigenvalue weighted by molar-refractivity contribution is 5.95. The Labute approximate surface area is 135 Å². The number of hydrogen-bond donors (Lipinski definition) is 1. The van der Waals surface area contributed by atoms with Crippen LogP contribution in [0.25, 0.3) is 0 Å². The van der Waals surface area contributed by atoms with Gasteiger partial charge in [-0.15, -0.1) is 0 Å². The number of fused-ring (bicyclic) bond motifs is 1. The van der Waals surface area contributed by atoms with Gasteiger partial charge in [0, 0.05) is 19.6 Å². The average Bonchev–Trinajstić information content (AvgIpc) is 2.60. The highest BCUT2D eigenvalue weighted by Gasteiger charge is 2.33. The lowest BCUT2D eigenvalue weighted by atomic mass is 9.98. The number of hydrogen-bond acceptors (Lipinski definition) is 3. The van der Waals surface area contributed by atoms with Crippen LogP contribution in [0.3, 0.4) is 0 Å². The van der Waals surface area contributed by atoms with Gasteiger partial charge in [-0.05, 0) is 37.3 Å². The van der Waals surface area contributed by atoms with E-state index in [9.17, 15) is 14.7 Å². The molecule has 2 amide bonds. The Kier molecular flexibility index (Phi) is 4.41. The van der Waals surface area contributed by atoms with E-state index < -0.39 is 11.9 Å². The number of para-hydroxylation sites is 1. The first kappa shape index (κ1) is 15.6. The third kappa shape index (κ3) is 2.98. The number of methoxy groups -OCH3 is 1.